The topological polar surface area (TPSA) is 95.5 Å². The molecule has 0 aliphatic rings. The fourth-order valence-corrected chi connectivity index (χ4v) is 2.15. The fraction of sp³-hybridized carbons (Fsp3) is 0.500. The van der Waals surface area contributed by atoms with Crippen LogP contribution in [0.15, 0.2) is 24.3 Å². The van der Waals surface area contributed by atoms with Crippen LogP contribution in [0.25, 0.3) is 0 Å². The molecule has 0 bridgehead atoms. The summed E-state index contributed by atoms with van der Waals surface area (Å²) in [4.78, 5) is 34.8. The molecule has 0 fully saturated rings. The number of carbonyl (C=O) groups excluding carboxylic acids is 2. The Kier molecular flexibility index (Phi) is 7.54. The first kappa shape index (κ1) is 20.6. The number of hydrogen-bond donors (Lipinski definition) is 3. The molecule has 0 aliphatic heterocycles. The second kappa shape index (κ2) is 9.15. The van der Waals surface area contributed by atoms with Crippen LogP contribution in [-0.4, -0.2) is 35.5 Å². The molecule has 2 amide bonds. The summed E-state index contributed by atoms with van der Waals surface area (Å²) in [6.07, 6.45) is 0.884. The maximum Gasteiger partial charge on any atom is 0.326 e. The van der Waals surface area contributed by atoms with Crippen molar-refractivity contribution in [2.45, 2.75) is 46.1 Å². The van der Waals surface area contributed by atoms with E-state index in [-0.39, 0.29) is 18.4 Å². The van der Waals surface area contributed by atoms with E-state index < -0.39 is 29.6 Å². The maximum absolute atomic E-state index is 13.1. The lowest BCUT2D eigenvalue weighted by molar-refractivity contribution is -0.142. The first-order valence-electron chi connectivity index (χ1n) is 8.10. The van der Waals surface area contributed by atoms with Crippen molar-refractivity contribution in [2.24, 2.45) is 5.41 Å². The van der Waals surface area contributed by atoms with E-state index in [4.69, 9.17) is 0 Å². The number of rotatable bonds is 8. The van der Waals surface area contributed by atoms with Crippen molar-refractivity contribution in [3.8, 4) is 0 Å². The highest BCUT2D eigenvalue weighted by atomic mass is 19.1. The molecule has 7 heteroatoms. The van der Waals surface area contributed by atoms with Crippen LogP contribution in [0.5, 0.6) is 0 Å². The van der Waals surface area contributed by atoms with Crippen molar-refractivity contribution in [3.05, 3.63) is 35.6 Å². The van der Waals surface area contributed by atoms with Crippen LogP contribution in [0.3, 0.4) is 0 Å². The molecule has 138 valence electrons. The molecule has 1 rings (SSSR count). The van der Waals surface area contributed by atoms with E-state index >= 15 is 0 Å². The van der Waals surface area contributed by atoms with Crippen LogP contribution in [0, 0.1) is 11.2 Å². The van der Waals surface area contributed by atoms with Crippen LogP contribution < -0.4 is 10.6 Å². The molecular formula is C18H25FN2O4. The van der Waals surface area contributed by atoms with Crippen LogP contribution in [0.2, 0.25) is 0 Å². The SMILES string of the molecule is CC(C)(C)CCC(NC(=O)CNC(=O)Cc1cccc(F)c1)C(=O)O. The summed E-state index contributed by atoms with van der Waals surface area (Å²) in [5.74, 6) is -2.56. The van der Waals surface area contributed by atoms with E-state index in [1.807, 2.05) is 20.8 Å². The van der Waals surface area contributed by atoms with Crippen LogP contribution in [0.4, 0.5) is 4.39 Å². The summed E-state index contributed by atoms with van der Waals surface area (Å²) in [6, 6.07) is 4.63. The average Bonchev–Trinajstić information content (AvgIpc) is 2.48. The third kappa shape index (κ3) is 8.83. The van der Waals surface area contributed by atoms with E-state index in [0.29, 0.717) is 18.4 Å². The zero-order valence-corrected chi connectivity index (χ0v) is 14.8. The molecule has 0 radical (unpaired) electrons. The molecule has 0 spiro atoms. The van der Waals surface area contributed by atoms with Crippen molar-refractivity contribution in [1.82, 2.24) is 10.6 Å². The minimum Gasteiger partial charge on any atom is -0.480 e. The lowest BCUT2D eigenvalue weighted by Gasteiger charge is -2.21. The third-order valence-electron chi connectivity index (χ3n) is 3.52. The van der Waals surface area contributed by atoms with Gasteiger partial charge >= 0.3 is 5.97 Å². The van der Waals surface area contributed by atoms with Crippen molar-refractivity contribution in [2.75, 3.05) is 6.54 Å². The number of carbonyl (C=O) groups is 3. The van der Waals surface area contributed by atoms with Crippen LogP contribution in [-0.2, 0) is 20.8 Å². The molecule has 1 unspecified atom stereocenters. The Labute approximate surface area is 146 Å². The lowest BCUT2D eigenvalue weighted by Crippen LogP contribution is -2.46. The van der Waals surface area contributed by atoms with E-state index in [9.17, 15) is 23.9 Å². The predicted molar refractivity (Wildman–Crippen MR) is 91.4 cm³/mol. The second-order valence-electron chi connectivity index (χ2n) is 7.14. The fourth-order valence-electron chi connectivity index (χ4n) is 2.15. The molecule has 25 heavy (non-hydrogen) atoms. The Morgan fingerprint density at radius 2 is 1.88 bits per heavy atom. The number of aliphatic carboxylic acids is 1. The molecule has 0 saturated heterocycles. The molecule has 0 heterocycles. The number of halogens is 1. The summed E-state index contributed by atoms with van der Waals surface area (Å²) < 4.78 is 13.1. The first-order chi connectivity index (χ1) is 11.6. The zero-order chi connectivity index (χ0) is 19.0. The third-order valence-corrected chi connectivity index (χ3v) is 3.52. The minimum atomic E-state index is -1.11. The Bertz CT molecular complexity index is 626. The largest absolute Gasteiger partial charge is 0.480 e. The molecule has 0 aliphatic carbocycles. The van der Waals surface area contributed by atoms with Gasteiger partial charge in [0.15, 0.2) is 0 Å². The summed E-state index contributed by atoms with van der Waals surface area (Å²) in [5.41, 5.74) is 0.448. The molecule has 3 N–H and O–H groups in total. The van der Waals surface area contributed by atoms with Gasteiger partial charge in [0.05, 0.1) is 13.0 Å². The summed E-state index contributed by atoms with van der Waals surface area (Å²) in [7, 11) is 0. The Morgan fingerprint density at radius 3 is 2.44 bits per heavy atom. The molecule has 1 atom stereocenters. The highest BCUT2D eigenvalue weighted by Crippen LogP contribution is 2.21. The highest BCUT2D eigenvalue weighted by Gasteiger charge is 2.22. The van der Waals surface area contributed by atoms with Gasteiger partial charge in [0, 0.05) is 0 Å². The number of nitrogens with one attached hydrogen (secondary N) is 2. The smallest absolute Gasteiger partial charge is 0.326 e. The van der Waals surface area contributed by atoms with Crippen molar-refractivity contribution in [1.29, 1.82) is 0 Å². The first-order valence-corrected chi connectivity index (χ1v) is 8.10. The second-order valence-corrected chi connectivity index (χ2v) is 7.14. The number of benzene rings is 1. The number of hydrogen-bond acceptors (Lipinski definition) is 3. The summed E-state index contributed by atoms with van der Waals surface area (Å²) in [6.45, 7) is 5.63. The van der Waals surface area contributed by atoms with Crippen LogP contribution >= 0.6 is 0 Å². The Morgan fingerprint density at radius 1 is 1.20 bits per heavy atom. The lowest BCUT2D eigenvalue weighted by atomic mass is 9.88. The minimum absolute atomic E-state index is 0.0440. The van der Waals surface area contributed by atoms with Gasteiger partial charge in [-0.3, -0.25) is 9.59 Å². The van der Waals surface area contributed by atoms with Gasteiger partial charge in [-0.25, -0.2) is 9.18 Å². The van der Waals surface area contributed by atoms with Gasteiger partial charge in [-0.15, -0.1) is 0 Å². The van der Waals surface area contributed by atoms with Gasteiger partial charge in [0.1, 0.15) is 11.9 Å². The average molecular weight is 352 g/mol. The number of carboxylic acid groups (broad SMARTS) is 1. The maximum atomic E-state index is 13.1. The summed E-state index contributed by atoms with van der Waals surface area (Å²) in [5, 5.41) is 14.0. The molecule has 1 aromatic rings. The molecule has 1 aromatic carbocycles. The van der Waals surface area contributed by atoms with E-state index in [1.54, 1.807) is 6.07 Å². The van der Waals surface area contributed by atoms with E-state index in [2.05, 4.69) is 10.6 Å². The van der Waals surface area contributed by atoms with Gasteiger partial charge in [0.25, 0.3) is 0 Å². The van der Waals surface area contributed by atoms with E-state index in [0.717, 1.165) is 0 Å². The summed E-state index contributed by atoms with van der Waals surface area (Å²) >= 11 is 0. The molecular weight excluding hydrogens is 327 g/mol. The zero-order valence-electron chi connectivity index (χ0n) is 14.8. The Balaban J connectivity index is 2.43. The van der Waals surface area contributed by atoms with Gasteiger partial charge < -0.3 is 15.7 Å². The molecule has 0 aromatic heterocycles. The standard InChI is InChI=1S/C18H25FN2O4/c1-18(2,3)8-7-14(17(24)25)21-16(23)11-20-15(22)10-12-5-4-6-13(19)9-12/h4-6,9,14H,7-8,10-11H2,1-3H3,(H,20,22)(H,21,23)(H,24,25). The number of amides is 2. The Hall–Kier alpha value is -2.44. The quantitative estimate of drug-likeness (QED) is 0.666. The molecule has 0 saturated carbocycles. The van der Waals surface area contributed by atoms with Gasteiger partial charge in [-0.2, -0.15) is 0 Å². The van der Waals surface area contributed by atoms with Crippen molar-refractivity contribution < 1.29 is 23.9 Å². The van der Waals surface area contributed by atoms with E-state index in [1.165, 1.54) is 18.2 Å². The van der Waals surface area contributed by atoms with Crippen LogP contribution in [0.1, 0.15) is 39.2 Å². The van der Waals surface area contributed by atoms with Gasteiger partial charge in [-0.1, -0.05) is 32.9 Å². The van der Waals surface area contributed by atoms with Gasteiger partial charge in [0.2, 0.25) is 11.8 Å². The monoisotopic (exact) mass is 352 g/mol. The van der Waals surface area contributed by atoms with Crippen molar-refractivity contribution in [3.63, 3.8) is 0 Å². The van der Waals surface area contributed by atoms with Crippen molar-refractivity contribution >= 4 is 17.8 Å². The highest BCUT2D eigenvalue weighted by molar-refractivity contribution is 5.88. The predicted octanol–water partition coefficient (Wildman–Crippen LogP) is 1.88. The normalized spacial score (nSPS) is 12.3. The van der Waals surface area contributed by atoms with Gasteiger partial charge in [-0.05, 0) is 36.0 Å². The number of carboxylic acids is 1. The molecule has 6 nitrogen and oxygen atoms in total.